The largest absolute Gasteiger partial charge is 0.457 e. The lowest BCUT2D eigenvalue weighted by Crippen LogP contribution is -2.17. The van der Waals surface area contributed by atoms with E-state index in [1.807, 2.05) is 42.7 Å². The van der Waals surface area contributed by atoms with Crippen molar-refractivity contribution in [1.29, 1.82) is 0 Å². The van der Waals surface area contributed by atoms with Crippen molar-refractivity contribution >= 4 is 54.9 Å². The summed E-state index contributed by atoms with van der Waals surface area (Å²) in [6.45, 7) is 3.37. The smallest absolute Gasteiger partial charge is 0.306 e. The van der Waals surface area contributed by atoms with Crippen LogP contribution >= 0.6 is 23.1 Å². The van der Waals surface area contributed by atoms with Gasteiger partial charge in [0.05, 0.1) is 21.7 Å². The molecule has 2 aromatic heterocycles. The molecule has 0 saturated carbocycles. The number of ketones is 1. The lowest BCUT2D eigenvalue weighted by atomic mass is 10.1. The summed E-state index contributed by atoms with van der Waals surface area (Å²) in [4.78, 5) is 29.3. The fraction of sp³-hybridized carbons (Fsp3) is 0.435. The van der Waals surface area contributed by atoms with Gasteiger partial charge >= 0.3 is 5.97 Å². The highest BCUT2D eigenvalue weighted by molar-refractivity contribution is 8.01. The first-order valence-electron chi connectivity index (χ1n) is 10.8. The van der Waals surface area contributed by atoms with Crippen LogP contribution in [-0.4, -0.2) is 53.6 Å². The van der Waals surface area contributed by atoms with Crippen molar-refractivity contribution < 1.29 is 22.7 Å². The molecular formula is C23H26N2O5S3. The number of thioether (sulfide) groups is 1. The number of carbonyl (C=O) groups is 2. The Hall–Kier alpha value is -2.17. The van der Waals surface area contributed by atoms with Gasteiger partial charge in [-0.25, -0.2) is 13.4 Å². The number of nitrogens with zero attached hydrogens (tertiary/aromatic N) is 2. The number of thiazole rings is 1. The highest BCUT2D eigenvalue weighted by atomic mass is 32.2. The van der Waals surface area contributed by atoms with Crippen LogP contribution in [0.5, 0.6) is 0 Å². The number of Topliss-reactive ketones (excluding diaryl/α,β-unsaturated/α-hetero) is 1. The zero-order valence-corrected chi connectivity index (χ0v) is 21.0. The number of esters is 1. The number of hydrogen-bond donors (Lipinski definition) is 0. The Bertz CT molecular complexity index is 1260. The van der Waals surface area contributed by atoms with Gasteiger partial charge in [0.25, 0.3) is 0 Å². The first kappa shape index (κ1) is 24.0. The number of para-hydroxylation sites is 1. The average Bonchev–Trinajstić information content (AvgIpc) is 3.43. The highest BCUT2D eigenvalue weighted by Crippen LogP contribution is 2.30. The standard InChI is InChI=1S/C23H26N2O5S3/c1-15-12-18(16(2)25(15)17-9-11-33(28,29)14-17)20(26)13-30-22(27)8-5-10-31-23-24-19-6-3-4-7-21(19)32-23/h3-4,6-7,12,17H,5,8-11,13-14H2,1-2H3/t17-/m1/s1. The molecule has 1 saturated heterocycles. The second-order valence-electron chi connectivity index (χ2n) is 8.20. The van der Waals surface area contributed by atoms with Crippen molar-refractivity contribution in [2.24, 2.45) is 0 Å². The molecule has 7 nitrogen and oxygen atoms in total. The van der Waals surface area contributed by atoms with Crippen molar-refractivity contribution in [1.82, 2.24) is 9.55 Å². The fourth-order valence-electron chi connectivity index (χ4n) is 4.19. The average molecular weight is 507 g/mol. The molecule has 176 valence electrons. The maximum atomic E-state index is 12.7. The maximum Gasteiger partial charge on any atom is 0.306 e. The zero-order chi connectivity index (χ0) is 23.6. The third-order valence-corrected chi connectivity index (χ3v) is 9.76. The SMILES string of the molecule is Cc1cc(C(=O)COC(=O)CCCSc2nc3ccccc3s2)c(C)n1[C@@H]1CCS(=O)(=O)C1. The molecule has 0 amide bonds. The Kier molecular flexibility index (Phi) is 7.25. The topological polar surface area (TPSA) is 95.3 Å². The van der Waals surface area contributed by atoms with Gasteiger partial charge in [0.15, 0.2) is 20.8 Å². The third-order valence-electron chi connectivity index (χ3n) is 5.75. The van der Waals surface area contributed by atoms with Crippen molar-refractivity contribution in [2.75, 3.05) is 23.9 Å². The van der Waals surface area contributed by atoms with Crippen LogP contribution in [0.15, 0.2) is 34.7 Å². The van der Waals surface area contributed by atoms with Crippen molar-refractivity contribution in [3.8, 4) is 0 Å². The number of sulfone groups is 1. The molecule has 0 N–H and O–H groups in total. The minimum atomic E-state index is -3.03. The predicted molar refractivity (Wildman–Crippen MR) is 131 cm³/mol. The van der Waals surface area contributed by atoms with Crippen LogP contribution in [0.3, 0.4) is 0 Å². The summed E-state index contributed by atoms with van der Waals surface area (Å²) in [6.07, 6.45) is 1.43. The number of hydrogen-bond acceptors (Lipinski definition) is 8. The molecular weight excluding hydrogens is 480 g/mol. The molecule has 33 heavy (non-hydrogen) atoms. The molecule has 1 aliphatic heterocycles. The van der Waals surface area contributed by atoms with Crippen LogP contribution in [0.4, 0.5) is 0 Å². The lowest BCUT2D eigenvalue weighted by Gasteiger charge is -2.16. The molecule has 3 heterocycles. The minimum absolute atomic E-state index is 0.0982. The van der Waals surface area contributed by atoms with Gasteiger partial charge in [-0.1, -0.05) is 23.9 Å². The Morgan fingerprint density at radius 1 is 1.27 bits per heavy atom. The van der Waals surface area contributed by atoms with Gasteiger partial charge in [-0.3, -0.25) is 9.59 Å². The number of carbonyl (C=O) groups excluding carboxylic acids is 2. The molecule has 1 aromatic carbocycles. The summed E-state index contributed by atoms with van der Waals surface area (Å²) in [5.74, 6) is 0.346. The van der Waals surface area contributed by atoms with Crippen LogP contribution in [-0.2, 0) is 19.4 Å². The number of aryl methyl sites for hydroxylation is 1. The maximum absolute atomic E-state index is 12.7. The molecule has 1 fully saturated rings. The van der Waals surface area contributed by atoms with Gasteiger partial charge in [0.2, 0.25) is 5.78 Å². The molecule has 0 unspecified atom stereocenters. The van der Waals surface area contributed by atoms with Gasteiger partial charge in [0.1, 0.15) is 0 Å². The third kappa shape index (κ3) is 5.67. The fourth-order valence-corrected chi connectivity index (χ4v) is 7.96. The Morgan fingerprint density at radius 2 is 2.06 bits per heavy atom. The molecule has 0 bridgehead atoms. The molecule has 1 aliphatic rings. The predicted octanol–water partition coefficient (Wildman–Crippen LogP) is 4.37. The van der Waals surface area contributed by atoms with E-state index in [0.717, 1.165) is 31.7 Å². The monoisotopic (exact) mass is 506 g/mol. The van der Waals surface area contributed by atoms with Gasteiger partial charge in [-0.05, 0) is 44.9 Å². The van der Waals surface area contributed by atoms with Crippen LogP contribution in [0.1, 0.15) is 47.1 Å². The number of aromatic nitrogens is 2. The van der Waals surface area contributed by atoms with E-state index in [-0.39, 0.29) is 36.4 Å². The van der Waals surface area contributed by atoms with Crippen molar-refractivity contribution in [3.05, 3.63) is 47.3 Å². The normalized spacial score (nSPS) is 17.5. The molecule has 1 atom stereocenters. The Balaban J connectivity index is 1.24. The molecule has 10 heteroatoms. The number of benzene rings is 1. The quantitative estimate of drug-likeness (QED) is 0.184. The molecule has 0 aliphatic carbocycles. The highest BCUT2D eigenvalue weighted by Gasteiger charge is 2.31. The van der Waals surface area contributed by atoms with Gasteiger partial charge < -0.3 is 9.30 Å². The summed E-state index contributed by atoms with van der Waals surface area (Å²) < 4.78 is 32.9. The molecule has 4 rings (SSSR count). The zero-order valence-electron chi connectivity index (χ0n) is 18.6. The van der Waals surface area contributed by atoms with Crippen LogP contribution in [0, 0.1) is 13.8 Å². The van der Waals surface area contributed by atoms with E-state index in [4.69, 9.17) is 4.74 Å². The van der Waals surface area contributed by atoms with Crippen LogP contribution in [0.25, 0.3) is 10.2 Å². The van der Waals surface area contributed by atoms with Gasteiger partial charge in [-0.15, -0.1) is 11.3 Å². The number of fused-ring (bicyclic) bond motifs is 1. The first-order valence-corrected chi connectivity index (χ1v) is 14.4. The van der Waals surface area contributed by atoms with E-state index in [1.54, 1.807) is 29.2 Å². The van der Waals surface area contributed by atoms with Crippen LogP contribution in [0.2, 0.25) is 0 Å². The number of rotatable bonds is 9. The van der Waals surface area contributed by atoms with E-state index in [2.05, 4.69) is 4.98 Å². The first-order chi connectivity index (χ1) is 15.7. The lowest BCUT2D eigenvalue weighted by molar-refractivity contribution is -0.142. The Labute approximate surface area is 201 Å². The summed E-state index contributed by atoms with van der Waals surface area (Å²) >= 11 is 3.25. The van der Waals surface area contributed by atoms with E-state index < -0.39 is 15.8 Å². The molecule has 0 spiro atoms. The Morgan fingerprint density at radius 3 is 2.79 bits per heavy atom. The number of ether oxygens (including phenoxy) is 1. The summed E-state index contributed by atoms with van der Waals surface area (Å²) in [5.41, 5.74) is 3.03. The second-order valence-corrected chi connectivity index (χ2v) is 12.8. The van der Waals surface area contributed by atoms with Gasteiger partial charge in [0, 0.05) is 35.2 Å². The van der Waals surface area contributed by atoms with E-state index in [9.17, 15) is 18.0 Å². The summed E-state index contributed by atoms with van der Waals surface area (Å²) in [6, 6.07) is 9.58. The summed E-state index contributed by atoms with van der Waals surface area (Å²) in [5, 5.41) is 0. The van der Waals surface area contributed by atoms with E-state index in [0.29, 0.717) is 18.4 Å². The van der Waals surface area contributed by atoms with E-state index >= 15 is 0 Å². The van der Waals surface area contributed by atoms with Crippen molar-refractivity contribution in [2.45, 2.75) is 43.5 Å². The van der Waals surface area contributed by atoms with Gasteiger partial charge in [-0.2, -0.15) is 0 Å². The molecule has 0 radical (unpaired) electrons. The molecule has 3 aromatic rings. The summed E-state index contributed by atoms with van der Waals surface area (Å²) in [7, 11) is -3.03. The second kappa shape index (κ2) is 9.99. The van der Waals surface area contributed by atoms with E-state index in [1.165, 1.54) is 0 Å². The van der Waals surface area contributed by atoms with Crippen LogP contribution < -0.4 is 0 Å². The van der Waals surface area contributed by atoms with Crippen molar-refractivity contribution in [3.63, 3.8) is 0 Å². The minimum Gasteiger partial charge on any atom is -0.457 e.